The third-order valence-electron chi connectivity index (χ3n) is 6.00. The van der Waals surface area contributed by atoms with Crippen molar-refractivity contribution < 1.29 is 9.53 Å². The minimum atomic E-state index is -0.0813. The maximum Gasteiger partial charge on any atom is 0.251 e. The molecule has 1 heterocycles. The van der Waals surface area contributed by atoms with E-state index in [4.69, 9.17) is 21.3 Å². The van der Waals surface area contributed by atoms with E-state index in [1.165, 1.54) is 11.1 Å². The van der Waals surface area contributed by atoms with Crippen molar-refractivity contribution in [1.82, 2.24) is 14.9 Å². The van der Waals surface area contributed by atoms with E-state index in [1.807, 2.05) is 18.2 Å². The average molecular weight is 490 g/mol. The second-order valence-electron chi connectivity index (χ2n) is 8.76. The number of hydrogen-bond acceptors (Lipinski definition) is 3. The predicted molar refractivity (Wildman–Crippen MR) is 142 cm³/mol. The second-order valence-corrected chi connectivity index (χ2v) is 9.20. The fourth-order valence-electron chi connectivity index (χ4n) is 4.13. The van der Waals surface area contributed by atoms with E-state index in [2.05, 4.69) is 47.1 Å². The van der Waals surface area contributed by atoms with Crippen molar-refractivity contribution in [3.05, 3.63) is 94.8 Å². The summed E-state index contributed by atoms with van der Waals surface area (Å²) >= 11 is 5.97. The van der Waals surface area contributed by atoms with Crippen LogP contribution in [0.5, 0.6) is 5.75 Å². The SMILES string of the molecule is Cc1ccc(OCCCn2c(CCCCCNC(=O)c3cccc(Cl)c3)nc3ccccc32)cc1. The molecule has 0 unspecified atom stereocenters. The highest BCUT2D eigenvalue weighted by molar-refractivity contribution is 6.30. The number of halogens is 1. The zero-order valence-corrected chi connectivity index (χ0v) is 20.9. The zero-order chi connectivity index (χ0) is 24.5. The molecular weight excluding hydrogens is 458 g/mol. The highest BCUT2D eigenvalue weighted by Crippen LogP contribution is 2.19. The Morgan fingerprint density at radius 1 is 0.971 bits per heavy atom. The smallest absolute Gasteiger partial charge is 0.251 e. The highest BCUT2D eigenvalue weighted by Gasteiger charge is 2.10. The molecule has 0 aliphatic carbocycles. The minimum absolute atomic E-state index is 0.0813. The van der Waals surface area contributed by atoms with Crippen LogP contribution in [0.15, 0.2) is 72.8 Å². The minimum Gasteiger partial charge on any atom is -0.494 e. The molecule has 0 bridgehead atoms. The lowest BCUT2D eigenvalue weighted by atomic mass is 10.1. The third kappa shape index (κ3) is 7.09. The number of rotatable bonds is 12. The van der Waals surface area contributed by atoms with Crippen LogP contribution < -0.4 is 10.1 Å². The first-order valence-corrected chi connectivity index (χ1v) is 12.7. The van der Waals surface area contributed by atoms with Gasteiger partial charge in [0.25, 0.3) is 5.91 Å². The van der Waals surface area contributed by atoms with E-state index >= 15 is 0 Å². The first kappa shape index (κ1) is 24.8. The molecule has 0 saturated carbocycles. The van der Waals surface area contributed by atoms with Gasteiger partial charge in [-0.05, 0) is 68.7 Å². The molecular formula is C29H32ClN3O2. The van der Waals surface area contributed by atoms with Crippen molar-refractivity contribution in [2.45, 2.75) is 45.6 Å². The van der Waals surface area contributed by atoms with Crippen molar-refractivity contribution in [2.24, 2.45) is 0 Å². The lowest BCUT2D eigenvalue weighted by molar-refractivity contribution is 0.0953. The van der Waals surface area contributed by atoms with Crippen LogP contribution in [-0.2, 0) is 13.0 Å². The van der Waals surface area contributed by atoms with Gasteiger partial charge in [0, 0.05) is 30.1 Å². The number of ether oxygens (including phenoxy) is 1. The molecule has 0 atom stereocenters. The number of aryl methyl sites for hydroxylation is 3. The number of fused-ring (bicyclic) bond motifs is 1. The van der Waals surface area contributed by atoms with Crippen molar-refractivity contribution in [2.75, 3.05) is 13.2 Å². The topological polar surface area (TPSA) is 56.1 Å². The number of hydrogen-bond donors (Lipinski definition) is 1. The van der Waals surface area contributed by atoms with Gasteiger partial charge < -0.3 is 14.6 Å². The first-order valence-electron chi connectivity index (χ1n) is 12.3. The Balaban J connectivity index is 1.24. The summed E-state index contributed by atoms with van der Waals surface area (Å²) in [5, 5.41) is 3.55. The predicted octanol–water partition coefficient (Wildman–Crippen LogP) is 6.61. The Labute approximate surface area is 212 Å². The van der Waals surface area contributed by atoms with Gasteiger partial charge in [0.15, 0.2) is 0 Å². The number of benzene rings is 3. The Hall–Kier alpha value is -3.31. The van der Waals surface area contributed by atoms with Crippen LogP contribution in [0.25, 0.3) is 11.0 Å². The van der Waals surface area contributed by atoms with Gasteiger partial charge >= 0.3 is 0 Å². The summed E-state index contributed by atoms with van der Waals surface area (Å²) < 4.78 is 8.25. The molecule has 1 N–H and O–H groups in total. The van der Waals surface area contributed by atoms with Gasteiger partial charge in [-0.2, -0.15) is 0 Å². The number of nitrogens with one attached hydrogen (secondary N) is 1. The number of nitrogens with zero attached hydrogens (tertiary/aromatic N) is 2. The Kier molecular flexibility index (Phi) is 8.79. The van der Waals surface area contributed by atoms with Gasteiger partial charge in [-0.15, -0.1) is 0 Å². The summed E-state index contributed by atoms with van der Waals surface area (Å²) in [4.78, 5) is 17.1. The normalized spacial score (nSPS) is 11.0. The maximum atomic E-state index is 12.2. The number of imidazole rings is 1. The van der Waals surface area contributed by atoms with E-state index in [9.17, 15) is 4.79 Å². The van der Waals surface area contributed by atoms with E-state index in [1.54, 1.807) is 24.3 Å². The van der Waals surface area contributed by atoms with Crippen molar-refractivity contribution >= 4 is 28.5 Å². The van der Waals surface area contributed by atoms with Crippen molar-refractivity contribution in [3.63, 3.8) is 0 Å². The summed E-state index contributed by atoms with van der Waals surface area (Å²) in [6, 6.07) is 23.5. The van der Waals surface area contributed by atoms with E-state index in [0.717, 1.165) is 55.7 Å². The third-order valence-corrected chi connectivity index (χ3v) is 6.23. The lowest BCUT2D eigenvalue weighted by Crippen LogP contribution is -2.24. The molecule has 1 aromatic heterocycles. The second kappa shape index (κ2) is 12.4. The van der Waals surface area contributed by atoms with Crippen molar-refractivity contribution in [1.29, 1.82) is 0 Å². The molecule has 5 nitrogen and oxygen atoms in total. The summed E-state index contributed by atoms with van der Waals surface area (Å²) in [5.74, 6) is 1.94. The molecule has 0 radical (unpaired) electrons. The number of aromatic nitrogens is 2. The van der Waals surface area contributed by atoms with Gasteiger partial charge in [-0.1, -0.05) is 53.9 Å². The number of carbonyl (C=O) groups excluding carboxylic acids is 1. The Morgan fingerprint density at radius 3 is 2.63 bits per heavy atom. The van der Waals surface area contributed by atoms with Crippen LogP contribution in [-0.4, -0.2) is 28.6 Å². The van der Waals surface area contributed by atoms with Gasteiger partial charge in [0.05, 0.1) is 17.6 Å². The summed E-state index contributed by atoms with van der Waals surface area (Å²) in [6.45, 7) is 4.27. The van der Waals surface area contributed by atoms with Crippen LogP contribution in [0.3, 0.4) is 0 Å². The molecule has 6 heteroatoms. The van der Waals surface area contributed by atoms with Gasteiger partial charge in [-0.25, -0.2) is 4.98 Å². The monoisotopic (exact) mass is 489 g/mol. The molecule has 4 rings (SSSR count). The summed E-state index contributed by atoms with van der Waals surface area (Å²) in [5.41, 5.74) is 4.04. The van der Waals surface area contributed by atoms with E-state index in [0.29, 0.717) is 23.7 Å². The molecule has 0 aliphatic rings. The molecule has 0 aliphatic heterocycles. The van der Waals surface area contributed by atoms with E-state index < -0.39 is 0 Å². The molecule has 0 spiro atoms. The fraction of sp³-hybridized carbons (Fsp3) is 0.310. The van der Waals surface area contributed by atoms with Crippen LogP contribution in [0.1, 0.15) is 47.4 Å². The standard InChI is InChI=1S/C29H32ClN3O2/c1-22-14-16-25(17-15-22)35-20-8-19-33-27-12-5-4-11-26(27)32-28(33)13-3-2-6-18-31-29(34)23-9-7-10-24(30)21-23/h4-5,7,9-12,14-17,21H,2-3,6,8,13,18-20H2,1H3,(H,31,34). The van der Waals surface area contributed by atoms with Crippen LogP contribution >= 0.6 is 11.6 Å². The van der Waals surface area contributed by atoms with E-state index in [-0.39, 0.29) is 5.91 Å². The molecule has 35 heavy (non-hydrogen) atoms. The van der Waals surface area contributed by atoms with Crippen LogP contribution in [0, 0.1) is 6.92 Å². The summed E-state index contributed by atoms with van der Waals surface area (Å²) in [6.07, 6.45) is 4.80. The van der Waals surface area contributed by atoms with Gasteiger partial charge in [-0.3, -0.25) is 4.79 Å². The number of amides is 1. The lowest BCUT2D eigenvalue weighted by Gasteiger charge is -2.11. The van der Waals surface area contributed by atoms with Gasteiger partial charge in [0.1, 0.15) is 11.6 Å². The zero-order valence-electron chi connectivity index (χ0n) is 20.2. The van der Waals surface area contributed by atoms with Gasteiger partial charge in [0.2, 0.25) is 0 Å². The number of para-hydroxylation sites is 2. The van der Waals surface area contributed by atoms with Crippen LogP contribution in [0.4, 0.5) is 0 Å². The average Bonchev–Trinajstić information content (AvgIpc) is 3.22. The number of carbonyl (C=O) groups is 1. The first-order chi connectivity index (χ1) is 17.1. The quantitative estimate of drug-likeness (QED) is 0.228. The Morgan fingerprint density at radius 2 is 1.80 bits per heavy atom. The Bertz CT molecular complexity index is 1250. The highest BCUT2D eigenvalue weighted by atomic mass is 35.5. The van der Waals surface area contributed by atoms with Crippen LogP contribution in [0.2, 0.25) is 5.02 Å². The molecule has 1 amide bonds. The maximum absolute atomic E-state index is 12.2. The molecule has 182 valence electrons. The van der Waals surface area contributed by atoms with Crippen molar-refractivity contribution in [3.8, 4) is 5.75 Å². The fourth-order valence-corrected chi connectivity index (χ4v) is 4.32. The molecule has 0 fully saturated rings. The number of unbranched alkanes of at least 4 members (excludes halogenated alkanes) is 2. The molecule has 0 saturated heterocycles. The molecule has 3 aromatic carbocycles. The molecule has 4 aromatic rings. The summed E-state index contributed by atoms with van der Waals surface area (Å²) in [7, 11) is 0. The largest absolute Gasteiger partial charge is 0.494 e.